The molecule has 1 rings (SSSR count). The van der Waals surface area contributed by atoms with Crippen molar-refractivity contribution in [1.82, 2.24) is 5.32 Å². The first-order valence-electron chi connectivity index (χ1n) is 4.07. The van der Waals surface area contributed by atoms with Crippen molar-refractivity contribution in [1.29, 1.82) is 0 Å². The van der Waals surface area contributed by atoms with Gasteiger partial charge in [-0.15, -0.1) is 0 Å². The topological polar surface area (TPSA) is 55.4 Å². The second-order valence-electron chi connectivity index (χ2n) is 2.69. The fourth-order valence-corrected chi connectivity index (χ4v) is 1.08. The summed E-state index contributed by atoms with van der Waals surface area (Å²) in [6.45, 7) is 0. The first-order valence-corrected chi connectivity index (χ1v) is 4.07. The zero-order valence-electron chi connectivity index (χ0n) is 8.03. The van der Waals surface area contributed by atoms with Crippen LogP contribution in [0.25, 0.3) is 0 Å². The van der Waals surface area contributed by atoms with E-state index in [4.69, 9.17) is 4.74 Å². The Hall–Kier alpha value is -1.84. The van der Waals surface area contributed by atoms with Crippen molar-refractivity contribution < 1.29 is 14.3 Å². The van der Waals surface area contributed by atoms with Crippen molar-refractivity contribution in [3.63, 3.8) is 0 Å². The van der Waals surface area contributed by atoms with Crippen molar-refractivity contribution in [3.8, 4) is 5.75 Å². The van der Waals surface area contributed by atoms with Gasteiger partial charge in [0, 0.05) is 18.2 Å². The van der Waals surface area contributed by atoms with E-state index in [1.807, 2.05) is 0 Å². The van der Waals surface area contributed by atoms with Crippen molar-refractivity contribution in [2.24, 2.45) is 0 Å². The number of ether oxygens (including phenoxy) is 1. The molecule has 4 nitrogen and oxygen atoms in total. The third-order valence-corrected chi connectivity index (χ3v) is 1.79. The van der Waals surface area contributed by atoms with Gasteiger partial charge in [-0.1, -0.05) is 0 Å². The highest BCUT2D eigenvalue weighted by Crippen LogP contribution is 2.15. The van der Waals surface area contributed by atoms with E-state index in [2.05, 4.69) is 5.32 Å². The van der Waals surface area contributed by atoms with E-state index in [1.165, 1.54) is 20.2 Å². The van der Waals surface area contributed by atoms with Crippen LogP contribution in [0.3, 0.4) is 0 Å². The van der Waals surface area contributed by atoms with Gasteiger partial charge >= 0.3 is 0 Å². The van der Waals surface area contributed by atoms with Gasteiger partial charge in [-0.05, 0) is 18.2 Å². The van der Waals surface area contributed by atoms with Crippen LogP contribution in [0.5, 0.6) is 5.75 Å². The van der Waals surface area contributed by atoms with Crippen LogP contribution in [-0.4, -0.2) is 26.4 Å². The molecule has 1 amide bonds. The third-order valence-electron chi connectivity index (χ3n) is 1.79. The van der Waals surface area contributed by atoms with E-state index in [0.29, 0.717) is 23.2 Å². The quantitative estimate of drug-likeness (QED) is 0.724. The molecule has 0 aliphatic carbocycles. The summed E-state index contributed by atoms with van der Waals surface area (Å²) in [7, 11) is 3.01. The lowest BCUT2D eigenvalue weighted by molar-refractivity contribution is 0.0962. The smallest absolute Gasteiger partial charge is 0.251 e. The van der Waals surface area contributed by atoms with Crippen molar-refractivity contribution in [2.75, 3.05) is 14.2 Å². The average molecular weight is 193 g/mol. The first kappa shape index (κ1) is 10.2. The normalized spacial score (nSPS) is 9.29. The Morgan fingerprint density at radius 2 is 2.14 bits per heavy atom. The minimum atomic E-state index is -0.244. The number of methoxy groups -OCH3 is 1. The molecular weight excluding hydrogens is 182 g/mol. The van der Waals surface area contributed by atoms with Gasteiger partial charge in [0.25, 0.3) is 5.91 Å². The number of carbonyl (C=O) groups excluding carboxylic acids is 2. The van der Waals surface area contributed by atoms with Gasteiger partial charge in [-0.3, -0.25) is 9.59 Å². The molecular formula is C10H11NO3. The average Bonchev–Trinajstić information content (AvgIpc) is 2.27. The Morgan fingerprint density at radius 3 is 2.64 bits per heavy atom. The number of hydrogen-bond acceptors (Lipinski definition) is 3. The SMILES string of the molecule is CNC(=O)c1cc(C=O)cc(OC)c1. The van der Waals surface area contributed by atoms with E-state index >= 15 is 0 Å². The van der Waals surface area contributed by atoms with Crippen molar-refractivity contribution in [2.45, 2.75) is 0 Å². The summed E-state index contributed by atoms with van der Waals surface area (Å²) in [5, 5.41) is 2.47. The maximum atomic E-state index is 11.3. The molecule has 0 bridgehead atoms. The monoisotopic (exact) mass is 193 g/mol. The summed E-state index contributed by atoms with van der Waals surface area (Å²) in [6.07, 6.45) is 0.676. The molecule has 0 atom stereocenters. The van der Waals surface area contributed by atoms with E-state index in [1.54, 1.807) is 12.1 Å². The second-order valence-corrected chi connectivity index (χ2v) is 2.69. The molecule has 74 valence electrons. The fraction of sp³-hybridized carbons (Fsp3) is 0.200. The molecule has 1 N–H and O–H groups in total. The molecule has 1 aromatic carbocycles. The van der Waals surface area contributed by atoms with E-state index in [9.17, 15) is 9.59 Å². The molecule has 0 unspecified atom stereocenters. The molecule has 0 saturated heterocycles. The van der Waals surface area contributed by atoms with Gasteiger partial charge in [-0.25, -0.2) is 0 Å². The number of hydrogen-bond donors (Lipinski definition) is 1. The molecule has 1 aromatic rings. The van der Waals surface area contributed by atoms with Gasteiger partial charge in [0.15, 0.2) is 0 Å². The molecule has 0 spiro atoms. The first-order chi connectivity index (χ1) is 6.71. The highest BCUT2D eigenvalue weighted by atomic mass is 16.5. The van der Waals surface area contributed by atoms with Gasteiger partial charge in [0.2, 0.25) is 0 Å². The Kier molecular flexibility index (Phi) is 3.23. The highest BCUT2D eigenvalue weighted by molar-refractivity contribution is 5.96. The maximum Gasteiger partial charge on any atom is 0.251 e. The van der Waals surface area contributed by atoms with Crippen LogP contribution in [-0.2, 0) is 0 Å². The van der Waals surface area contributed by atoms with E-state index in [-0.39, 0.29) is 5.91 Å². The summed E-state index contributed by atoms with van der Waals surface area (Å²) in [5.74, 6) is 0.250. The number of amides is 1. The Labute approximate surface area is 81.9 Å². The molecule has 14 heavy (non-hydrogen) atoms. The number of benzene rings is 1. The lowest BCUT2D eigenvalue weighted by Crippen LogP contribution is -2.18. The molecule has 0 aromatic heterocycles. The molecule has 0 heterocycles. The third kappa shape index (κ3) is 2.10. The Morgan fingerprint density at radius 1 is 1.43 bits per heavy atom. The number of carbonyl (C=O) groups is 2. The highest BCUT2D eigenvalue weighted by Gasteiger charge is 2.06. The minimum absolute atomic E-state index is 0.244. The van der Waals surface area contributed by atoms with Crippen LogP contribution < -0.4 is 10.1 Å². The Bertz CT molecular complexity index is 360. The van der Waals surface area contributed by atoms with Gasteiger partial charge in [-0.2, -0.15) is 0 Å². The van der Waals surface area contributed by atoms with E-state index < -0.39 is 0 Å². The number of nitrogens with one attached hydrogen (secondary N) is 1. The van der Waals surface area contributed by atoms with Crippen LogP contribution in [0.15, 0.2) is 18.2 Å². The Balaban J connectivity index is 3.16. The summed E-state index contributed by atoms with van der Waals surface area (Å²) in [5.41, 5.74) is 0.830. The standard InChI is InChI=1S/C10H11NO3/c1-11-10(13)8-3-7(6-12)4-9(5-8)14-2/h3-6H,1-2H3,(H,11,13). The molecule has 4 heteroatoms. The minimum Gasteiger partial charge on any atom is -0.497 e. The van der Waals surface area contributed by atoms with Crippen LogP contribution >= 0.6 is 0 Å². The molecule has 0 aliphatic heterocycles. The summed E-state index contributed by atoms with van der Waals surface area (Å²) in [6, 6.07) is 4.65. The molecule has 0 radical (unpaired) electrons. The van der Waals surface area contributed by atoms with Crippen LogP contribution in [0.1, 0.15) is 20.7 Å². The largest absolute Gasteiger partial charge is 0.497 e. The van der Waals surface area contributed by atoms with Gasteiger partial charge < -0.3 is 10.1 Å². The maximum absolute atomic E-state index is 11.3. The predicted octanol–water partition coefficient (Wildman–Crippen LogP) is 0.867. The van der Waals surface area contributed by atoms with Crippen molar-refractivity contribution >= 4 is 12.2 Å². The zero-order chi connectivity index (χ0) is 10.6. The molecule has 0 saturated carbocycles. The van der Waals surface area contributed by atoms with Crippen LogP contribution in [0.4, 0.5) is 0 Å². The van der Waals surface area contributed by atoms with Gasteiger partial charge in [0.1, 0.15) is 12.0 Å². The fourth-order valence-electron chi connectivity index (χ4n) is 1.08. The van der Waals surface area contributed by atoms with Crippen LogP contribution in [0, 0.1) is 0 Å². The number of rotatable bonds is 3. The second kappa shape index (κ2) is 4.41. The summed E-state index contributed by atoms with van der Waals surface area (Å²) >= 11 is 0. The van der Waals surface area contributed by atoms with Crippen LogP contribution in [0.2, 0.25) is 0 Å². The lowest BCUT2D eigenvalue weighted by atomic mass is 10.1. The summed E-state index contributed by atoms with van der Waals surface area (Å²) < 4.78 is 4.95. The lowest BCUT2D eigenvalue weighted by Gasteiger charge is -2.04. The zero-order valence-corrected chi connectivity index (χ0v) is 8.03. The molecule has 0 fully saturated rings. The molecule has 0 aliphatic rings. The summed E-state index contributed by atoms with van der Waals surface area (Å²) in [4.78, 5) is 21.8. The number of aldehydes is 1. The predicted molar refractivity (Wildman–Crippen MR) is 51.8 cm³/mol. The van der Waals surface area contributed by atoms with Gasteiger partial charge in [0.05, 0.1) is 7.11 Å². The van der Waals surface area contributed by atoms with Crippen molar-refractivity contribution in [3.05, 3.63) is 29.3 Å². The van der Waals surface area contributed by atoms with E-state index in [0.717, 1.165) is 0 Å².